The number of aromatic nitrogens is 2. The molecule has 1 N–H and O–H groups in total. The monoisotopic (exact) mass is 429 g/mol. The third-order valence-electron chi connectivity index (χ3n) is 6.27. The van der Waals surface area contributed by atoms with E-state index in [9.17, 15) is 0 Å². The van der Waals surface area contributed by atoms with Crippen molar-refractivity contribution < 1.29 is 14.2 Å². The first-order valence-electron chi connectivity index (χ1n) is 10.7. The van der Waals surface area contributed by atoms with Gasteiger partial charge in [-0.3, -0.25) is 9.88 Å². The van der Waals surface area contributed by atoms with Gasteiger partial charge in [0.25, 0.3) is 0 Å². The molecule has 0 spiro atoms. The fourth-order valence-electron chi connectivity index (χ4n) is 4.74. The van der Waals surface area contributed by atoms with Crippen molar-refractivity contribution in [1.82, 2.24) is 14.9 Å². The summed E-state index contributed by atoms with van der Waals surface area (Å²) in [6, 6.07) is 16.6. The summed E-state index contributed by atoms with van der Waals surface area (Å²) < 4.78 is 16.4. The molecule has 0 saturated carbocycles. The lowest BCUT2D eigenvalue weighted by Gasteiger charge is -2.36. The Morgan fingerprint density at radius 3 is 2.62 bits per heavy atom. The quantitative estimate of drug-likeness (QED) is 0.480. The fourth-order valence-corrected chi connectivity index (χ4v) is 4.74. The topological polar surface area (TPSA) is 59.6 Å². The maximum atomic E-state index is 5.52. The third-order valence-corrected chi connectivity index (χ3v) is 6.27. The molecule has 6 heteroatoms. The van der Waals surface area contributed by atoms with Gasteiger partial charge in [0.05, 0.1) is 27.4 Å². The van der Waals surface area contributed by atoms with Gasteiger partial charge in [-0.15, -0.1) is 0 Å². The van der Waals surface area contributed by atoms with Crippen molar-refractivity contribution >= 4 is 10.9 Å². The van der Waals surface area contributed by atoms with E-state index in [1.807, 2.05) is 30.6 Å². The third kappa shape index (κ3) is 3.56. The van der Waals surface area contributed by atoms with Gasteiger partial charge in [-0.05, 0) is 59.5 Å². The molecule has 0 bridgehead atoms. The number of hydrogen-bond donors (Lipinski definition) is 1. The zero-order valence-corrected chi connectivity index (χ0v) is 18.6. The molecule has 4 aromatic rings. The summed E-state index contributed by atoms with van der Waals surface area (Å²) in [5, 5.41) is 1.24. The van der Waals surface area contributed by atoms with Crippen molar-refractivity contribution in [3.63, 3.8) is 0 Å². The molecule has 164 valence electrons. The average Bonchev–Trinajstić information content (AvgIpc) is 3.22. The van der Waals surface area contributed by atoms with Gasteiger partial charge in [-0.2, -0.15) is 0 Å². The maximum Gasteiger partial charge on any atom is 0.161 e. The minimum absolute atomic E-state index is 0.0824. The van der Waals surface area contributed by atoms with Crippen LogP contribution in [0, 0.1) is 0 Å². The molecule has 0 fully saturated rings. The standard InChI is InChI=1S/C26H27N3O3/c1-30-19-7-8-22-21(14-19)20-10-12-29(16-17-6-9-23(31-2)24(13-17)32-3)26(25(20)28-22)18-5-4-11-27-15-18/h4-9,11,13-15,26,28H,10,12,16H2,1-3H3/t26-/m0/s1. The van der Waals surface area contributed by atoms with E-state index >= 15 is 0 Å². The first-order chi connectivity index (χ1) is 15.7. The lowest BCUT2D eigenvalue weighted by Crippen LogP contribution is -2.35. The van der Waals surface area contributed by atoms with Crippen LogP contribution in [0.4, 0.5) is 0 Å². The first kappa shape index (κ1) is 20.4. The van der Waals surface area contributed by atoms with Crippen LogP contribution in [-0.4, -0.2) is 42.7 Å². The normalized spacial score (nSPS) is 16.0. The van der Waals surface area contributed by atoms with E-state index in [1.54, 1.807) is 21.3 Å². The number of aromatic amines is 1. The highest BCUT2D eigenvalue weighted by Gasteiger charge is 2.32. The van der Waals surface area contributed by atoms with Crippen LogP contribution in [0.3, 0.4) is 0 Å². The number of benzene rings is 2. The second-order valence-corrected chi connectivity index (χ2v) is 8.03. The summed E-state index contributed by atoms with van der Waals surface area (Å²) in [6.07, 6.45) is 4.75. The number of H-pyrrole nitrogens is 1. The van der Waals surface area contributed by atoms with Crippen LogP contribution in [0.2, 0.25) is 0 Å². The van der Waals surface area contributed by atoms with Gasteiger partial charge in [0.1, 0.15) is 5.75 Å². The number of ether oxygens (including phenoxy) is 3. The molecule has 2 aromatic heterocycles. The summed E-state index contributed by atoms with van der Waals surface area (Å²) in [4.78, 5) is 10.6. The fraction of sp³-hybridized carbons (Fsp3) is 0.269. The van der Waals surface area contributed by atoms with Crippen LogP contribution in [-0.2, 0) is 13.0 Å². The Labute approximate surface area is 187 Å². The van der Waals surface area contributed by atoms with Gasteiger partial charge in [0, 0.05) is 42.1 Å². The molecule has 0 amide bonds. The van der Waals surface area contributed by atoms with E-state index in [0.29, 0.717) is 0 Å². The van der Waals surface area contributed by atoms with Crippen molar-refractivity contribution in [3.05, 3.63) is 83.3 Å². The molecular weight excluding hydrogens is 402 g/mol. The molecule has 0 saturated heterocycles. The largest absolute Gasteiger partial charge is 0.497 e. The molecule has 2 aromatic carbocycles. The minimum atomic E-state index is 0.0824. The number of pyridine rings is 1. The van der Waals surface area contributed by atoms with Crippen LogP contribution in [0.1, 0.15) is 28.4 Å². The van der Waals surface area contributed by atoms with Gasteiger partial charge in [-0.1, -0.05) is 12.1 Å². The molecular formula is C26H27N3O3. The predicted molar refractivity (Wildman–Crippen MR) is 125 cm³/mol. The first-order valence-corrected chi connectivity index (χ1v) is 10.7. The van der Waals surface area contributed by atoms with Crippen LogP contribution < -0.4 is 14.2 Å². The van der Waals surface area contributed by atoms with Crippen molar-refractivity contribution in [2.24, 2.45) is 0 Å². The summed E-state index contributed by atoms with van der Waals surface area (Å²) in [6.45, 7) is 1.73. The maximum absolute atomic E-state index is 5.52. The van der Waals surface area contributed by atoms with Crippen LogP contribution in [0.15, 0.2) is 60.9 Å². The lowest BCUT2D eigenvalue weighted by atomic mass is 9.92. The smallest absolute Gasteiger partial charge is 0.161 e. The number of nitrogens with one attached hydrogen (secondary N) is 1. The van der Waals surface area contributed by atoms with Crippen molar-refractivity contribution in [2.45, 2.75) is 19.0 Å². The molecule has 1 aliphatic rings. The van der Waals surface area contributed by atoms with Crippen LogP contribution >= 0.6 is 0 Å². The van der Waals surface area contributed by atoms with Gasteiger partial charge >= 0.3 is 0 Å². The molecule has 5 rings (SSSR count). The molecule has 0 aliphatic carbocycles. The van der Waals surface area contributed by atoms with Crippen molar-refractivity contribution in [3.8, 4) is 17.2 Å². The van der Waals surface area contributed by atoms with Gasteiger partial charge in [0.2, 0.25) is 0 Å². The number of rotatable bonds is 6. The van der Waals surface area contributed by atoms with E-state index in [4.69, 9.17) is 14.2 Å². The molecule has 0 radical (unpaired) electrons. The molecule has 6 nitrogen and oxygen atoms in total. The average molecular weight is 430 g/mol. The molecule has 1 atom stereocenters. The number of hydrogen-bond acceptors (Lipinski definition) is 5. The molecule has 32 heavy (non-hydrogen) atoms. The second kappa shape index (κ2) is 8.55. The zero-order chi connectivity index (χ0) is 22.1. The Kier molecular flexibility index (Phi) is 5.45. The Morgan fingerprint density at radius 1 is 1.00 bits per heavy atom. The van der Waals surface area contributed by atoms with E-state index in [0.717, 1.165) is 42.3 Å². The summed E-state index contributed by atoms with van der Waals surface area (Å²) in [5.41, 5.74) is 6.08. The highest BCUT2D eigenvalue weighted by Crippen LogP contribution is 2.40. The Balaban J connectivity index is 1.57. The number of fused-ring (bicyclic) bond motifs is 3. The van der Waals surface area contributed by atoms with Crippen molar-refractivity contribution in [2.75, 3.05) is 27.9 Å². The summed E-state index contributed by atoms with van der Waals surface area (Å²) in [5.74, 6) is 2.37. The summed E-state index contributed by atoms with van der Waals surface area (Å²) in [7, 11) is 5.04. The highest BCUT2D eigenvalue weighted by atomic mass is 16.5. The van der Waals surface area contributed by atoms with Crippen LogP contribution in [0.5, 0.6) is 17.2 Å². The number of methoxy groups -OCH3 is 3. The van der Waals surface area contributed by atoms with E-state index in [-0.39, 0.29) is 6.04 Å². The lowest BCUT2D eigenvalue weighted by molar-refractivity contribution is 0.201. The van der Waals surface area contributed by atoms with Crippen LogP contribution in [0.25, 0.3) is 10.9 Å². The SMILES string of the molecule is COc1ccc2[nH]c3c(c2c1)CCN(Cc1ccc(OC)c(OC)c1)[C@H]3c1cccnc1. The minimum Gasteiger partial charge on any atom is -0.497 e. The van der Waals surface area contributed by atoms with Crippen molar-refractivity contribution in [1.29, 1.82) is 0 Å². The van der Waals surface area contributed by atoms with E-state index in [1.165, 1.54) is 27.8 Å². The Morgan fingerprint density at radius 2 is 1.88 bits per heavy atom. The van der Waals surface area contributed by atoms with E-state index < -0.39 is 0 Å². The van der Waals surface area contributed by atoms with Gasteiger partial charge in [0.15, 0.2) is 11.5 Å². The highest BCUT2D eigenvalue weighted by molar-refractivity contribution is 5.86. The Hall–Kier alpha value is -3.51. The van der Waals surface area contributed by atoms with Gasteiger partial charge < -0.3 is 19.2 Å². The molecule has 3 heterocycles. The van der Waals surface area contributed by atoms with Gasteiger partial charge in [-0.25, -0.2) is 0 Å². The Bertz CT molecular complexity index is 1240. The second-order valence-electron chi connectivity index (χ2n) is 8.03. The molecule has 0 unspecified atom stereocenters. The molecule has 1 aliphatic heterocycles. The predicted octanol–water partition coefficient (Wildman–Crippen LogP) is 4.74. The zero-order valence-electron chi connectivity index (χ0n) is 18.6. The summed E-state index contributed by atoms with van der Waals surface area (Å²) >= 11 is 0. The number of nitrogens with zero attached hydrogens (tertiary/aromatic N) is 2. The van der Waals surface area contributed by atoms with E-state index in [2.05, 4.69) is 45.2 Å².